The van der Waals surface area contributed by atoms with Gasteiger partial charge in [0.15, 0.2) is 0 Å². The fraction of sp³-hybridized carbons (Fsp3) is 0.312. The molecule has 1 saturated heterocycles. The highest BCUT2D eigenvalue weighted by atomic mass is 32.1. The first kappa shape index (κ1) is 14.1. The van der Waals surface area contributed by atoms with Gasteiger partial charge in [0, 0.05) is 24.0 Å². The summed E-state index contributed by atoms with van der Waals surface area (Å²) in [6.07, 6.45) is 2.21. The number of hydrogen-bond donors (Lipinski definition) is 2. The first-order chi connectivity index (χ1) is 10.3. The third kappa shape index (κ3) is 3.83. The van der Waals surface area contributed by atoms with Crippen LogP contribution >= 0.6 is 11.3 Å². The smallest absolute Gasteiger partial charge is 0.265 e. The summed E-state index contributed by atoms with van der Waals surface area (Å²) in [7, 11) is 0. The molecule has 1 aromatic heterocycles. The van der Waals surface area contributed by atoms with Crippen LogP contribution < -0.4 is 10.6 Å². The molecule has 2 N–H and O–H groups in total. The normalized spacial score (nSPS) is 18.2. The molecule has 0 radical (unpaired) electrons. The fourth-order valence-corrected chi connectivity index (χ4v) is 3.00. The highest BCUT2D eigenvalue weighted by Gasteiger charge is 2.13. The minimum atomic E-state index is -0.0665. The largest absolute Gasteiger partial charge is 0.380 e. The van der Waals surface area contributed by atoms with Gasteiger partial charge in [-0.05, 0) is 42.5 Å². The lowest BCUT2D eigenvalue weighted by Gasteiger charge is -2.24. The van der Waals surface area contributed by atoms with Gasteiger partial charge in [-0.15, -0.1) is 11.3 Å². The number of carbonyl (C=O) groups is 1. The predicted molar refractivity (Wildman–Crippen MR) is 86.2 cm³/mol. The molecule has 0 aliphatic carbocycles. The predicted octanol–water partition coefficient (Wildman–Crippen LogP) is 3.59. The fourth-order valence-electron chi connectivity index (χ4n) is 2.38. The number of thiophene rings is 1. The zero-order valence-electron chi connectivity index (χ0n) is 11.7. The van der Waals surface area contributed by atoms with Crippen molar-refractivity contribution < 1.29 is 9.53 Å². The average molecular weight is 302 g/mol. The van der Waals surface area contributed by atoms with Gasteiger partial charge in [-0.1, -0.05) is 12.1 Å². The third-order valence-electron chi connectivity index (χ3n) is 3.40. The second-order valence-corrected chi connectivity index (χ2v) is 6.02. The lowest BCUT2D eigenvalue weighted by molar-refractivity contribution is 0.0876. The molecule has 1 atom stereocenters. The molecule has 2 aromatic rings. The minimum Gasteiger partial charge on any atom is -0.380 e. The van der Waals surface area contributed by atoms with E-state index in [9.17, 15) is 4.79 Å². The van der Waals surface area contributed by atoms with Crippen molar-refractivity contribution in [2.75, 3.05) is 23.8 Å². The molecule has 1 fully saturated rings. The number of rotatable bonds is 4. The summed E-state index contributed by atoms with van der Waals surface area (Å²) in [6.45, 7) is 1.60. The van der Waals surface area contributed by atoms with Crippen LogP contribution in [0.25, 0.3) is 0 Å². The summed E-state index contributed by atoms with van der Waals surface area (Å²) in [6, 6.07) is 11.9. The zero-order chi connectivity index (χ0) is 14.5. The van der Waals surface area contributed by atoms with Crippen molar-refractivity contribution in [1.82, 2.24) is 0 Å². The second-order valence-electron chi connectivity index (χ2n) is 5.07. The molecular formula is C16H18N2O2S. The van der Waals surface area contributed by atoms with Gasteiger partial charge in [-0.3, -0.25) is 4.79 Å². The lowest BCUT2D eigenvalue weighted by atomic mass is 10.1. The highest BCUT2D eigenvalue weighted by Crippen LogP contribution is 2.20. The van der Waals surface area contributed by atoms with Crippen LogP contribution in [0.1, 0.15) is 22.5 Å². The van der Waals surface area contributed by atoms with E-state index in [-0.39, 0.29) is 5.91 Å². The lowest BCUT2D eigenvalue weighted by Crippen LogP contribution is -2.29. The molecule has 0 saturated carbocycles. The number of hydrogen-bond acceptors (Lipinski definition) is 4. The van der Waals surface area contributed by atoms with Gasteiger partial charge in [0.05, 0.1) is 11.5 Å². The summed E-state index contributed by atoms with van der Waals surface area (Å²) in [5.41, 5.74) is 1.81. The van der Waals surface area contributed by atoms with Gasteiger partial charge in [0.25, 0.3) is 5.91 Å². The van der Waals surface area contributed by atoms with Gasteiger partial charge >= 0.3 is 0 Å². The molecule has 4 nitrogen and oxygen atoms in total. The van der Waals surface area contributed by atoms with Gasteiger partial charge in [-0.25, -0.2) is 0 Å². The summed E-state index contributed by atoms with van der Waals surface area (Å²) in [5.74, 6) is -0.0665. The van der Waals surface area contributed by atoms with Gasteiger partial charge < -0.3 is 15.4 Å². The molecule has 0 unspecified atom stereocenters. The maximum absolute atomic E-state index is 12.0. The molecule has 2 heterocycles. The topological polar surface area (TPSA) is 50.4 Å². The minimum absolute atomic E-state index is 0.0665. The molecule has 0 spiro atoms. The summed E-state index contributed by atoms with van der Waals surface area (Å²) in [4.78, 5) is 12.8. The van der Waals surface area contributed by atoms with E-state index in [1.165, 1.54) is 11.3 Å². The Kier molecular flexibility index (Phi) is 4.52. The van der Waals surface area contributed by atoms with E-state index in [0.29, 0.717) is 10.9 Å². The van der Waals surface area contributed by atoms with Crippen LogP contribution in [0.4, 0.5) is 11.4 Å². The van der Waals surface area contributed by atoms with Crippen molar-refractivity contribution in [1.29, 1.82) is 0 Å². The van der Waals surface area contributed by atoms with E-state index in [1.54, 1.807) is 0 Å². The summed E-state index contributed by atoms with van der Waals surface area (Å²) < 4.78 is 5.47. The number of amides is 1. The van der Waals surface area contributed by atoms with Crippen LogP contribution in [-0.4, -0.2) is 25.2 Å². The summed E-state index contributed by atoms with van der Waals surface area (Å²) >= 11 is 1.44. The summed E-state index contributed by atoms with van der Waals surface area (Å²) in [5, 5.41) is 8.28. The van der Waals surface area contributed by atoms with E-state index in [4.69, 9.17) is 4.74 Å². The van der Waals surface area contributed by atoms with E-state index >= 15 is 0 Å². The van der Waals surface area contributed by atoms with Crippen molar-refractivity contribution in [3.8, 4) is 0 Å². The third-order valence-corrected chi connectivity index (χ3v) is 4.27. The van der Waals surface area contributed by atoms with Crippen LogP contribution in [0.15, 0.2) is 41.8 Å². The Labute approximate surface area is 128 Å². The number of benzene rings is 1. The SMILES string of the molecule is O=C(Nc1cccc(N[C@H]2CCCOC2)c1)c1cccs1. The van der Waals surface area contributed by atoms with Crippen LogP contribution in [0.2, 0.25) is 0 Å². The highest BCUT2D eigenvalue weighted by molar-refractivity contribution is 7.12. The van der Waals surface area contributed by atoms with Crippen LogP contribution in [0.3, 0.4) is 0 Å². The standard InChI is InChI=1S/C16H18N2O2S/c19-16(15-7-3-9-21-15)18-13-5-1-4-12(10-13)17-14-6-2-8-20-11-14/h1,3-5,7,9-10,14,17H,2,6,8,11H2,(H,18,19)/t14-/m0/s1. The maximum atomic E-state index is 12.0. The first-order valence-electron chi connectivity index (χ1n) is 7.10. The van der Waals surface area contributed by atoms with Gasteiger partial charge in [-0.2, -0.15) is 0 Å². The Balaban J connectivity index is 1.64. The van der Waals surface area contributed by atoms with Gasteiger partial charge in [0.2, 0.25) is 0 Å². The molecule has 110 valence electrons. The van der Waals surface area contributed by atoms with Crippen LogP contribution in [0, 0.1) is 0 Å². The Morgan fingerprint density at radius 3 is 2.90 bits per heavy atom. The van der Waals surface area contributed by atoms with E-state index in [0.717, 1.165) is 37.4 Å². The quantitative estimate of drug-likeness (QED) is 0.907. The average Bonchev–Trinajstić information content (AvgIpc) is 3.03. The van der Waals surface area contributed by atoms with Crippen molar-refractivity contribution in [3.05, 3.63) is 46.7 Å². The van der Waals surface area contributed by atoms with Crippen molar-refractivity contribution in [2.24, 2.45) is 0 Å². The number of nitrogens with one attached hydrogen (secondary N) is 2. The molecular weight excluding hydrogens is 284 g/mol. The molecule has 5 heteroatoms. The maximum Gasteiger partial charge on any atom is 0.265 e. The Morgan fingerprint density at radius 2 is 2.14 bits per heavy atom. The van der Waals surface area contributed by atoms with E-state index in [1.807, 2.05) is 41.8 Å². The Hall–Kier alpha value is -1.85. The van der Waals surface area contributed by atoms with Gasteiger partial charge in [0.1, 0.15) is 0 Å². The molecule has 1 aliphatic heterocycles. The molecule has 1 amide bonds. The monoisotopic (exact) mass is 302 g/mol. The van der Waals surface area contributed by atoms with Crippen molar-refractivity contribution >= 4 is 28.6 Å². The van der Waals surface area contributed by atoms with Crippen molar-refractivity contribution in [2.45, 2.75) is 18.9 Å². The Bertz CT molecular complexity index is 592. The molecule has 1 aromatic carbocycles. The van der Waals surface area contributed by atoms with Crippen molar-refractivity contribution in [3.63, 3.8) is 0 Å². The molecule has 1 aliphatic rings. The van der Waals surface area contributed by atoms with E-state index in [2.05, 4.69) is 10.6 Å². The molecule has 21 heavy (non-hydrogen) atoms. The van der Waals surface area contributed by atoms with Crippen LogP contribution in [0.5, 0.6) is 0 Å². The first-order valence-corrected chi connectivity index (χ1v) is 7.98. The number of anilines is 2. The number of carbonyl (C=O) groups excluding carboxylic acids is 1. The van der Waals surface area contributed by atoms with Crippen LogP contribution in [-0.2, 0) is 4.74 Å². The van der Waals surface area contributed by atoms with E-state index < -0.39 is 0 Å². The number of ether oxygens (including phenoxy) is 1. The molecule has 0 bridgehead atoms. The second kappa shape index (κ2) is 6.74. The molecule has 3 rings (SSSR count). The Morgan fingerprint density at radius 1 is 1.24 bits per heavy atom. The zero-order valence-corrected chi connectivity index (χ0v) is 12.5.